The fraction of sp³-hybridized carbons (Fsp3) is 0.0952. The number of halogens is 1. The van der Waals surface area contributed by atoms with Crippen LogP contribution in [-0.2, 0) is 6.54 Å². The van der Waals surface area contributed by atoms with Gasteiger partial charge in [0.2, 0.25) is 6.79 Å². The van der Waals surface area contributed by atoms with Gasteiger partial charge >= 0.3 is 0 Å². The summed E-state index contributed by atoms with van der Waals surface area (Å²) < 4.78 is 13.2. The SMILES string of the molecule is Clc1cccc(N=c2scc(-c3cccs3)n2Cc2ccc3c(c2)OCO3)c1. The molecule has 4 nitrogen and oxygen atoms in total. The van der Waals surface area contributed by atoms with E-state index in [9.17, 15) is 0 Å². The van der Waals surface area contributed by atoms with Crippen molar-refractivity contribution < 1.29 is 9.47 Å². The normalized spacial score (nSPS) is 13.2. The summed E-state index contributed by atoms with van der Waals surface area (Å²) >= 11 is 9.48. The lowest BCUT2D eigenvalue weighted by Crippen LogP contribution is -2.16. The molecule has 0 saturated heterocycles. The fourth-order valence-electron chi connectivity index (χ4n) is 3.07. The highest BCUT2D eigenvalue weighted by atomic mass is 35.5. The Morgan fingerprint density at radius 2 is 1.93 bits per heavy atom. The van der Waals surface area contributed by atoms with Gasteiger partial charge in [0, 0.05) is 10.4 Å². The van der Waals surface area contributed by atoms with Crippen molar-refractivity contribution >= 4 is 40.0 Å². The van der Waals surface area contributed by atoms with Crippen molar-refractivity contribution in [2.75, 3.05) is 6.79 Å². The van der Waals surface area contributed by atoms with Crippen LogP contribution in [0.5, 0.6) is 11.5 Å². The van der Waals surface area contributed by atoms with Crippen LogP contribution in [0.2, 0.25) is 5.02 Å². The fourth-order valence-corrected chi connectivity index (χ4v) is 5.00. The number of rotatable bonds is 4. The second-order valence-corrected chi connectivity index (χ2v) is 8.47. The molecule has 0 aliphatic carbocycles. The molecular formula is C21H15ClN2O2S2. The Labute approximate surface area is 174 Å². The van der Waals surface area contributed by atoms with Gasteiger partial charge in [-0.05, 0) is 47.3 Å². The molecule has 0 unspecified atom stereocenters. The quantitative estimate of drug-likeness (QED) is 0.404. The molecule has 0 amide bonds. The third kappa shape index (κ3) is 3.46. The predicted molar refractivity (Wildman–Crippen MR) is 114 cm³/mol. The van der Waals surface area contributed by atoms with Crippen LogP contribution in [-0.4, -0.2) is 11.4 Å². The number of ether oxygens (including phenoxy) is 2. The van der Waals surface area contributed by atoms with Gasteiger partial charge in [-0.1, -0.05) is 29.8 Å². The standard InChI is InChI=1S/C21H15ClN2O2S2/c22-15-3-1-4-16(10-15)23-21-24(17(12-28-21)20-5-2-8-27-20)11-14-6-7-18-19(9-14)26-13-25-18/h1-10,12H,11,13H2. The maximum Gasteiger partial charge on any atom is 0.231 e. The molecule has 0 saturated carbocycles. The van der Waals surface area contributed by atoms with Gasteiger partial charge in [0.05, 0.1) is 22.8 Å². The Bertz CT molecular complexity index is 1200. The van der Waals surface area contributed by atoms with Gasteiger partial charge in [-0.3, -0.25) is 0 Å². The zero-order chi connectivity index (χ0) is 18.9. The Morgan fingerprint density at radius 1 is 1.00 bits per heavy atom. The van der Waals surface area contributed by atoms with Crippen LogP contribution in [0.15, 0.2) is 70.3 Å². The second-order valence-electron chi connectivity index (χ2n) is 6.25. The lowest BCUT2D eigenvalue weighted by Gasteiger charge is -2.09. The summed E-state index contributed by atoms with van der Waals surface area (Å²) in [7, 11) is 0. The number of hydrogen-bond donors (Lipinski definition) is 0. The van der Waals surface area contributed by atoms with E-state index in [4.69, 9.17) is 26.1 Å². The maximum absolute atomic E-state index is 6.13. The zero-order valence-corrected chi connectivity index (χ0v) is 17.1. The molecule has 1 aliphatic heterocycles. The average Bonchev–Trinajstić information content (AvgIpc) is 3.43. The molecule has 0 fully saturated rings. The van der Waals surface area contributed by atoms with Crippen LogP contribution in [0.3, 0.4) is 0 Å². The first-order valence-corrected chi connectivity index (χ1v) is 10.8. The minimum absolute atomic E-state index is 0.278. The van der Waals surface area contributed by atoms with Crippen LogP contribution in [0.25, 0.3) is 10.6 Å². The van der Waals surface area contributed by atoms with E-state index in [-0.39, 0.29) is 6.79 Å². The summed E-state index contributed by atoms with van der Waals surface area (Å²) in [5, 5.41) is 4.92. The number of benzene rings is 2. The van der Waals surface area contributed by atoms with E-state index in [1.165, 1.54) is 4.88 Å². The van der Waals surface area contributed by atoms with Gasteiger partial charge in [-0.15, -0.1) is 22.7 Å². The third-order valence-corrected chi connectivity index (χ3v) is 6.37. The molecule has 0 spiro atoms. The van der Waals surface area contributed by atoms with Crippen LogP contribution in [0.4, 0.5) is 5.69 Å². The van der Waals surface area contributed by atoms with Crippen molar-refractivity contribution in [2.45, 2.75) is 6.54 Å². The van der Waals surface area contributed by atoms with Crippen molar-refractivity contribution in [2.24, 2.45) is 4.99 Å². The van der Waals surface area contributed by atoms with Gasteiger partial charge in [0.25, 0.3) is 0 Å². The summed E-state index contributed by atoms with van der Waals surface area (Å²) in [6.45, 7) is 0.965. The van der Waals surface area contributed by atoms with Crippen LogP contribution >= 0.6 is 34.3 Å². The Morgan fingerprint density at radius 3 is 2.79 bits per heavy atom. The summed E-state index contributed by atoms with van der Waals surface area (Å²) in [6.07, 6.45) is 0. The van der Waals surface area contributed by atoms with E-state index >= 15 is 0 Å². The van der Waals surface area contributed by atoms with Crippen LogP contribution < -0.4 is 14.3 Å². The molecule has 5 rings (SSSR count). The summed E-state index contributed by atoms with van der Waals surface area (Å²) in [4.78, 5) is 6.98. The van der Waals surface area contributed by atoms with Crippen molar-refractivity contribution in [3.63, 3.8) is 0 Å². The first kappa shape index (κ1) is 17.6. The smallest absolute Gasteiger partial charge is 0.231 e. The monoisotopic (exact) mass is 426 g/mol. The predicted octanol–water partition coefficient (Wildman–Crippen LogP) is 5.94. The van der Waals surface area contributed by atoms with Crippen molar-refractivity contribution in [1.82, 2.24) is 4.57 Å². The van der Waals surface area contributed by atoms with Gasteiger partial charge in [0.15, 0.2) is 16.3 Å². The minimum atomic E-state index is 0.278. The van der Waals surface area contributed by atoms with E-state index in [0.717, 1.165) is 33.2 Å². The van der Waals surface area contributed by atoms with Gasteiger partial charge in [0.1, 0.15) is 0 Å². The highest BCUT2D eigenvalue weighted by Crippen LogP contribution is 2.33. The highest BCUT2D eigenvalue weighted by molar-refractivity contribution is 7.14. The Hall–Kier alpha value is -2.54. The van der Waals surface area contributed by atoms with E-state index in [0.29, 0.717) is 11.6 Å². The molecule has 2 aromatic carbocycles. The Kier molecular flexibility index (Phi) is 4.68. The molecule has 28 heavy (non-hydrogen) atoms. The number of thiophene rings is 1. The molecule has 1 aliphatic rings. The van der Waals surface area contributed by atoms with E-state index in [2.05, 4.69) is 33.5 Å². The summed E-state index contributed by atoms with van der Waals surface area (Å²) in [5.74, 6) is 1.58. The molecule has 4 aromatic rings. The second kappa shape index (κ2) is 7.47. The van der Waals surface area contributed by atoms with Crippen LogP contribution in [0.1, 0.15) is 5.56 Å². The molecule has 0 N–H and O–H groups in total. The van der Waals surface area contributed by atoms with Crippen LogP contribution in [0, 0.1) is 0 Å². The third-order valence-electron chi connectivity index (χ3n) is 4.38. The summed E-state index contributed by atoms with van der Waals surface area (Å²) in [5.41, 5.74) is 3.12. The molecule has 0 radical (unpaired) electrons. The molecular weight excluding hydrogens is 412 g/mol. The lowest BCUT2D eigenvalue weighted by atomic mass is 10.2. The Balaban J connectivity index is 1.61. The van der Waals surface area contributed by atoms with E-state index in [1.807, 2.05) is 36.4 Å². The number of fused-ring (bicyclic) bond motifs is 1. The first-order chi connectivity index (χ1) is 13.8. The number of thiazole rings is 1. The van der Waals surface area contributed by atoms with Crippen molar-refractivity contribution in [1.29, 1.82) is 0 Å². The molecule has 7 heteroatoms. The van der Waals surface area contributed by atoms with Crippen molar-refractivity contribution in [3.8, 4) is 22.1 Å². The number of aromatic nitrogens is 1. The van der Waals surface area contributed by atoms with E-state index < -0.39 is 0 Å². The molecule has 2 aromatic heterocycles. The number of hydrogen-bond acceptors (Lipinski definition) is 5. The molecule has 0 bridgehead atoms. The van der Waals surface area contributed by atoms with Gasteiger partial charge < -0.3 is 14.0 Å². The molecule has 3 heterocycles. The van der Waals surface area contributed by atoms with E-state index in [1.54, 1.807) is 22.7 Å². The lowest BCUT2D eigenvalue weighted by molar-refractivity contribution is 0.174. The zero-order valence-electron chi connectivity index (χ0n) is 14.7. The topological polar surface area (TPSA) is 35.8 Å². The largest absolute Gasteiger partial charge is 0.454 e. The summed E-state index contributed by atoms with van der Waals surface area (Å²) in [6, 6.07) is 17.9. The van der Waals surface area contributed by atoms with Gasteiger partial charge in [-0.25, -0.2) is 4.99 Å². The number of nitrogens with zero attached hydrogens (tertiary/aromatic N) is 2. The highest BCUT2D eigenvalue weighted by Gasteiger charge is 2.15. The molecule has 140 valence electrons. The average molecular weight is 427 g/mol. The van der Waals surface area contributed by atoms with Crippen molar-refractivity contribution in [3.05, 3.63) is 80.7 Å². The van der Waals surface area contributed by atoms with Gasteiger partial charge in [-0.2, -0.15) is 0 Å². The first-order valence-electron chi connectivity index (χ1n) is 8.67. The molecule has 0 atom stereocenters. The maximum atomic E-state index is 6.13. The minimum Gasteiger partial charge on any atom is -0.454 e.